The van der Waals surface area contributed by atoms with E-state index in [1.54, 1.807) is 22.2 Å². The zero-order valence-electron chi connectivity index (χ0n) is 11.9. The minimum atomic E-state index is 0.0517. The van der Waals surface area contributed by atoms with Crippen molar-refractivity contribution in [3.05, 3.63) is 62.0 Å². The largest absolute Gasteiger partial charge is 0.298 e. The summed E-state index contributed by atoms with van der Waals surface area (Å²) in [5.41, 5.74) is 2.26. The molecule has 3 nitrogen and oxygen atoms in total. The smallest absolute Gasteiger partial charge is 0.262 e. The molecule has 0 unspecified atom stereocenters. The first-order valence-corrected chi connectivity index (χ1v) is 7.95. The van der Waals surface area contributed by atoms with E-state index in [2.05, 4.69) is 4.98 Å². The monoisotopic (exact) mass is 318 g/mol. The van der Waals surface area contributed by atoms with Crippen molar-refractivity contribution in [3.8, 4) is 0 Å². The molecule has 21 heavy (non-hydrogen) atoms. The van der Waals surface area contributed by atoms with E-state index in [9.17, 15) is 4.79 Å². The molecule has 2 aromatic heterocycles. The number of hydrogen-bond acceptors (Lipinski definition) is 3. The van der Waals surface area contributed by atoms with Gasteiger partial charge in [-0.25, -0.2) is 4.98 Å². The Morgan fingerprint density at radius 1 is 1.24 bits per heavy atom. The van der Waals surface area contributed by atoms with Gasteiger partial charge in [-0.15, -0.1) is 11.3 Å². The van der Waals surface area contributed by atoms with Crippen molar-refractivity contribution in [2.45, 2.75) is 26.8 Å². The van der Waals surface area contributed by atoms with Crippen LogP contribution in [0.25, 0.3) is 10.2 Å². The Kier molecular flexibility index (Phi) is 3.83. The van der Waals surface area contributed by atoms with Crippen LogP contribution in [-0.4, -0.2) is 9.55 Å². The highest BCUT2D eigenvalue weighted by atomic mass is 35.5. The number of benzene rings is 1. The van der Waals surface area contributed by atoms with Crippen LogP contribution < -0.4 is 5.56 Å². The van der Waals surface area contributed by atoms with Gasteiger partial charge in [0.15, 0.2) is 0 Å². The van der Waals surface area contributed by atoms with E-state index < -0.39 is 0 Å². The third-order valence-corrected chi connectivity index (χ3v) is 5.08. The summed E-state index contributed by atoms with van der Waals surface area (Å²) >= 11 is 7.45. The molecule has 0 saturated heterocycles. The number of aromatic nitrogens is 2. The van der Waals surface area contributed by atoms with Crippen LogP contribution in [0.4, 0.5) is 0 Å². The van der Waals surface area contributed by atoms with E-state index in [0.29, 0.717) is 6.54 Å². The minimum absolute atomic E-state index is 0.0517. The number of fused-ring (bicyclic) bond motifs is 1. The Morgan fingerprint density at radius 2 is 1.95 bits per heavy atom. The Bertz CT molecular complexity index is 849. The maximum absolute atomic E-state index is 12.5. The Labute approximate surface area is 131 Å². The summed E-state index contributed by atoms with van der Waals surface area (Å²) in [6.07, 6.45) is 2.43. The van der Waals surface area contributed by atoms with Gasteiger partial charge < -0.3 is 0 Å². The van der Waals surface area contributed by atoms with Crippen LogP contribution in [0.3, 0.4) is 0 Å². The van der Waals surface area contributed by atoms with Crippen LogP contribution >= 0.6 is 22.9 Å². The van der Waals surface area contributed by atoms with Gasteiger partial charge in [0.05, 0.1) is 11.7 Å². The van der Waals surface area contributed by atoms with Gasteiger partial charge in [0.25, 0.3) is 5.56 Å². The first-order chi connectivity index (χ1) is 10.1. The average molecular weight is 319 g/mol. The number of nitrogens with zero attached hydrogens (tertiary/aromatic N) is 2. The zero-order valence-corrected chi connectivity index (χ0v) is 13.5. The van der Waals surface area contributed by atoms with Gasteiger partial charge in [0.1, 0.15) is 4.83 Å². The van der Waals surface area contributed by atoms with Gasteiger partial charge in [-0.1, -0.05) is 23.7 Å². The van der Waals surface area contributed by atoms with E-state index in [-0.39, 0.29) is 5.56 Å². The molecule has 0 amide bonds. The fraction of sp³-hybridized carbons (Fsp3) is 0.250. The molecule has 3 aromatic rings. The van der Waals surface area contributed by atoms with Crippen LogP contribution in [0.2, 0.25) is 5.02 Å². The van der Waals surface area contributed by atoms with Gasteiger partial charge in [0, 0.05) is 16.4 Å². The molecule has 0 radical (unpaired) electrons. The van der Waals surface area contributed by atoms with Gasteiger partial charge in [-0.05, 0) is 43.5 Å². The van der Waals surface area contributed by atoms with Crippen molar-refractivity contribution in [1.82, 2.24) is 9.55 Å². The molecule has 3 rings (SSSR count). The van der Waals surface area contributed by atoms with Crippen molar-refractivity contribution < 1.29 is 0 Å². The van der Waals surface area contributed by atoms with E-state index in [0.717, 1.165) is 37.7 Å². The molecular weight excluding hydrogens is 304 g/mol. The third kappa shape index (κ3) is 2.74. The van der Waals surface area contributed by atoms with E-state index in [4.69, 9.17) is 11.6 Å². The molecule has 0 bridgehead atoms. The standard InChI is InChI=1S/C16H15ClN2OS/c1-10-11(2)21-15-14(10)16(20)19(9-18-15)8-7-12-3-5-13(17)6-4-12/h3-6,9H,7-8H2,1-2H3. The second kappa shape index (κ2) is 5.62. The lowest BCUT2D eigenvalue weighted by molar-refractivity contribution is 0.663. The van der Waals surface area contributed by atoms with Crippen LogP contribution in [-0.2, 0) is 13.0 Å². The van der Waals surface area contributed by atoms with E-state index >= 15 is 0 Å². The van der Waals surface area contributed by atoms with Crippen molar-refractivity contribution >= 4 is 33.2 Å². The number of hydrogen-bond donors (Lipinski definition) is 0. The molecule has 0 aliphatic carbocycles. The highest BCUT2D eigenvalue weighted by Crippen LogP contribution is 2.25. The predicted octanol–water partition coefficient (Wildman–Crippen LogP) is 3.97. The molecule has 1 aromatic carbocycles. The van der Waals surface area contributed by atoms with Crippen molar-refractivity contribution in [3.63, 3.8) is 0 Å². The summed E-state index contributed by atoms with van der Waals surface area (Å²) in [5, 5.41) is 1.49. The molecule has 0 atom stereocenters. The molecule has 0 saturated carbocycles. The maximum atomic E-state index is 12.5. The summed E-state index contributed by atoms with van der Waals surface area (Å²) in [6, 6.07) is 7.71. The highest BCUT2D eigenvalue weighted by Gasteiger charge is 2.11. The molecule has 0 aliphatic rings. The van der Waals surface area contributed by atoms with Crippen molar-refractivity contribution in [2.75, 3.05) is 0 Å². The normalized spacial score (nSPS) is 11.2. The van der Waals surface area contributed by atoms with Crippen LogP contribution in [0.15, 0.2) is 35.4 Å². The first kappa shape index (κ1) is 14.3. The first-order valence-electron chi connectivity index (χ1n) is 6.76. The highest BCUT2D eigenvalue weighted by molar-refractivity contribution is 7.18. The summed E-state index contributed by atoms with van der Waals surface area (Å²) in [7, 11) is 0. The van der Waals surface area contributed by atoms with E-state index in [1.807, 2.05) is 38.1 Å². The van der Waals surface area contributed by atoms with Gasteiger partial charge in [-0.2, -0.15) is 0 Å². The lowest BCUT2D eigenvalue weighted by atomic mass is 10.1. The minimum Gasteiger partial charge on any atom is -0.298 e. The SMILES string of the molecule is Cc1sc2ncn(CCc3ccc(Cl)cc3)c(=O)c2c1C. The molecule has 0 aliphatic heterocycles. The predicted molar refractivity (Wildman–Crippen MR) is 88.5 cm³/mol. The fourth-order valence-corrected chi connectivity index (χ4v) is 3.44. The third-order valence-electron chi connectivity index (χ3n) is 3.71. The molecule has 0 spiro atoms. The maximum Gasteiger partial charge on any atom is 0.262 e. The number of rotatable bonds is 3. The summed E-state index contributed by atoms with van der Waals surface area (Å²) in [4.78, 5) is 18.9. The number of halogens is 1. The molecule has 0 fully saturated rings. The molecular formula is C16H15ClN2OS. The molecule has 108 valence electrons. The van der Waals surface area contributed by atoms with E-state index in [1.165, 1.54) is 0 Å². The van der Waals surface area contributed by atoms with Crippen LogP contribution in [0.5, 0.6) is 0 Å². The lowest BCUT2D eigenvalue weighted by Gasteiger charge is -2.06. The summed E-state index contributed by atoms with van der Waals surface area (Å²) in [6.45, 7) is 4.64. The number of thiophene rings is 1. The quantitative estimate of drug-likeness (QED) is 0.732. The Morgan fingerprint density at radius 3 is 2.67 bits per heavy atom. The topological polar surface area (TPSA) is 34.9 Å². The second-order valence-electron chi connectivity index (χ2n) is 5.08. The molecule has 2 heterocycles. The molecule has 5 heteroatoms. The van der Waals surface area contributed by atoms with Crippen molar-refractivity contribution in [1.29, 1.82) is 0 Å². The van der Waals surface area contributed by atoms with Crippen LogP contribution in [0, 0.1) is 13.8 Å². The van der Waals surface area contributed by atoms with Crippen LogP contribution in [0.1, 0.15) is 16.0 Å². The Hall–Kier alpha value is -1.65. The van der Waals surface area contributed by atoms with Crippen molar-refractivity contribution in [2.24, 2.45) is 0 Å². The number of aryl methyl sites for hydroxylation is 4. The average Bonchev–Trinajstić information content (AvgIpc) is 2.76. The van der Waals surface area contributed by atoms with Gasteiger partial charge in [-0.3, -0.25) is 9.36 Å². The second-order valence-corrected chi connectivity index (χ2v) is 6.72. The summed E-state index contributed by atoms with van der Waals surface area (Å²) < 4.78 is 1.69. The molecule has 0 N–H and O–H groups in total. The lowest BCUT2D eigenvalue weighted by Crippen LogP contribution is -2.21. The fourth-order valence-electron chi connectivity index (χ4n) is 2.33. The van der Waals surface area contributed by atoms with Gasteiger partial charge in [0.2, 0.25) is 0 Å². The zero-order chi connectivity index (χ0) is 15.0. The van der Waals surface area contributed by atoms with Gasteiger partial charge >= 0.3 is 0 Å². The Balaban J connectivity index is 1.91. The summed E-state index contributed by atoms with van der Waals surface area (Å²) in [5.74, 6) is 0.